The molecule has 1 saturated heterocycles. The Morgan fingerprint density at radius 2 is 2.00 bits per heavy atom. The maximum absolute atomic E-state index is 12.4. The molecule has 6 nitrogen and oxygen atoms in total. The molecule has 24 heavy (non-hydrogen) atoms. The van der Waals surface area contributed by atoms with Gasteiger partial charge < -0.3 is 15.0 Å². The summed E-state index contributed by atoms with van der Waals surface area (Å²) in [5, 5.41) is 12.3. The number of hydrogen-bond donors (Lipinski definition) is 1. The van der Waals surface area contributed by atoms with E-state index in [1.807, 2.05) is 27.7 Å². The second-order valence-corrected chi connectivity index (χ2v) is 8.14. The zero-order valence-electron chi connectivity index (χ0n) is 15.2. The normalized spacial score (nSPS) is 24.3. The van der Waals surface area contributed by atoms with Crippen LogP contribution in [0.4, 0.5) is 4.79 Å². The molecular formula is C18H29N3O3. The zero-order valence-corrected chi connectivity index (χ0v) is 15.2. The van der Waals surface area contributed by atoms with Crippen molar-refractivity contribution in [3.05, 3.63) is 0 Å². The first-order valence-corrected chi connectivity index (χ1v) is 8.87. The smallest absolute Gasteiger partial charge is 0.410 e. The molecule has 1 saturated carbocycles. The van der Waals surface area contributed by atoms with Crippen LogP contribution in [0.5, 0.6) is 0 Å². The first kappa shape index (κ1) is 18.6. The molecule has 0 bridgehead atoms. The molecule has 2 amide bonds. The number of carbonyl (C=O) groups is 2. The van der Waals surface area contributed by atoms with Crippen LogP contribution in [0.1, 0.15) is 59.8 Å². The lowest BCUT2D eigenvalue weighted by Gasteiger charge is -2.39. The van der Waals surface area contributed by atoms with E-state index >= 15 is 0 Å². The third kappa shape index (κ3) is 4.19. The second-order valence-electron chi connectivity index (χ2n) is 8.14. The van der Waals surface area contributed by atoms with E-state index < -0.39 is 11.0 Å². The molecule has 1 aliphatic carbocycles. The Morgan fingerprint density at radius 3 is 2.50 bits per heavy atom. The number of nitrogens with one attached hydrogen (secondary N) is 1. The predicted octanol–water partition coefficient (Wildman–Crippen LogP) is 2.83. The van der Waals surface area contributed by atoms with Gasteiger partial charge in [0.05, 0.1) is 6.07 Å². The monoisotopic (exact) mass is 335 g/mol. The molecule has 0 aromatic carbocycles. The van der Waals surface area contributed by atoms with Crippen molar-refractivity contribution in [2.45, 2.75) is 71.4 Å². The number of amides is 2. The first-order valence-electron chi connectivity index (χ1n) is 8.87. The Kier molecular flexibility index (Phi) is 5.42. The number of likely N-dealkylation sites (tertiary alicyclic amines) is 1. The van der Waals surface area contributed by atoms with Crippen molar-refractivity contribution < 1.29 is 14.3 Å². The highest BCUT2D eigenvalue weighted by atomic mass is 16.6. The van der Waals surface area contributed by atoms with Crippen LogP contribution in [-0.2, 0) is 9.53 Å². The molecule has 2 rings (SSSR count). The Hall–Kier alpha value is -1.77. The highest BCUT2D eigenvalue weighted by molar-refractivity contribution is 5.86. The fourth-order valence-corrected chi connectivity index (χ4v) is 3.29. The maximum Gasteiger partial charge on any atom is 0.410 e. The third-order valence-corrected chi connectivity index (χ3v) is 5.03. The van der Waals surface area contributed by atoms with E-state index in [0.29, 0.717) is 25.9 Å². The molecule has 2 atom stereocenters. The van der Waals surface area contributed by atoms with Crippen molar-refractivity contribution in [1.82, 2.24) is 10.2 Å². The van der Waals surface area contributed by atoms with Crippen molar-refractivity contribution in [3.63, 3.8) is 0 Å². The Bertz CT molecular complexity index is 529. The minimum atomic E-state index is -0.826. The molecule has 2 fully saturated rings. The van der Waals surface area contributed by atoms with Gasteiger partial charge in [-0.2, -0.15) is 5.26 Å². The summed E-state index contributed by atoms with van der Waals surface area (Å²) in [6.45, 7) is 8.80. The minimum Gasteiger partial charge on any atom is -0.444 e. The van der Waals surface area contributed by atoms with E-state index in [4.69, 9.17) is 4.74 Å². The summed E-state index contributed by atoms with van der Waals surface area (Å²) in [5.74, 6) is 0.0316. The minimum absolute atomic E-state index is 0.0615. The first-order chi connectivity index (χ1) is 11.2. The largest absolute Gasteiger partial charge is 0.444 e. The van der Waals surface area contributed by atoms with Gasteiger partial charge in [-0.15, -0.1) is 0 Å². The lowest BCUT2D eigenvalue weighted by atomic mass is 9.69. The lowest BCUT2D eigenvalue weighted by molar-refractivity contribution is -0.132. The second kappa shape index (κ2) is 7.00. The van der Waals surface area contributed by atoms with Gasteiger partial charge in [0.25, 0.3) is 0 Å². The molecule has 6 heteroatoms. The van der Waals surface area contributed by atoms with Crippen LogP contribution < -0.4 is 5.32 Å². The van der Waals surface area contributed by atoms with Crippen LogP contribution in [-0.4, -0.2) is 41.6 Å². The number of carbonyl (C=O) groups excluding carboxylic acids is 2. The number of hydrogen-bond acceptors (Lipinski definition) is 4. The van der Waals surface area contributed by atoms with Gasteiger partial charge in [-0.05, 0) is 65.7 Å². The average Bonchev–Trinajstić information content (AvgIpc) is 2.45. The van der Waals surface area contributed by atoms with Crippen LogP contribution in [0.15, 0.2) is 0 Å². The van der Waals surface area contributed by atoms with Gasteiger partial charge >= 0.3 is 6.09 Å². The number of rotatable bonds is 3. The summed E-state index contributed by atoms with van der Waals surface area (Å²) >= 11 is 0. The highest BCUT2D eigenvalue weighted by Crippen LogP contribution is 2.40. The van der Waals surface area contributed by atoms with E-state index in [2.05, 4.69) is 11.4 Å². The number of ether oxygens (including phenoxy) is 1. The van der Waals surface area contributed by atoms with E-state index in [1.165, 1.54) is 0 Å². The maximum atomic E-state index is 12.4. The summed E-state index contributed by atoms with van der Waals surface area (Å²) in [6.07, 6.45) is 3.80. The van der Waals surface area contributed by atoms with Gasteiger partial charge in [-0.3, -0.25) is 4.79 Å². The molecule has 2 aliphatic rings. The molecule has 2 unspecified atom stereocenters. The average molecular weight is 335 g/mol. The van der Waals surface area contributed by atoms with Crippen LogP contribution >= 0.6 is 0 Å². The van der Waals surface area contributed by atoms with E-state index in [-0.39, 0.29) is 24.0 Å². The molecule has 1 heterocycles. The Labute approximate surface area is 144 Å². The van der Waals surface area contributed by atoms with Crippen LogP contribution in [0.2, 0.25) is 0 Å². The van der Waals surface area contributed by atoms with E-state index in [1.54, 1.807) is 4.90 Å². The lowest BCUT2D eigenvalue weighted by Crippen LogP contribution is -2.53. The van der Waals surface area contributed by atoms with Crippen molar-refractivity contribution in [1.29, 1.82) is 5.26 Å². The standard InChI is InChI=1S/C18H29N3O3/c1-13(20-15(22)18(12-19)8-6-9-18)14-7-5-10-21(11-14)16(23)24-17(2,3)4/h13-14H,5-11H2,1-4H3,(H,20,22). The number of nitriles is 1. The summed E-state index contributed by atoms with van der Waals surface area (Å²) in [7, 11) is 0. The number of piperidine rings is 1. The van der Waals surface area contributed by atoms with Gasteiger partial charge in [0.2, 0.25) is 5.91 Å². The van der Waals surface area contributed by atoms with Crippen LogP contribution in [0.3, 0.4) is 0 Å². The van der Waals surface area contributed by atoms with Crippen molar-refractivity contribution in [3.8, 4) is 6.07 Å². The van der Waals surface area contributed by atoms with Crippen LogP contribution in [0, 0.1) is 22.7 Å². The topological polar surface area (TPSA) is 82.4 Å². The molecule has 0 spiro atoms. The third-order valence-electron chi connectivity index (χ3n) is 5.03. The van der Waals surface area contributed by atoms with Gasteiger partial charge in [0.1, 0.15) is 11.0 Å². The van der Waals surface area contributed by atoms with Gasteiger partial charge in [0, 0.05) is 19.1 Å². The summed E-state index contributed by atoms with van der Waals surface area (Å²) in [4.78, 5) is 26.4. The molecular weight excluding hydrogens is 306 g/mol. The van der Waals surface area contributed by atoms with Gasteiger partial charge in [-0.25, -0.2) is 4.79 Å². The van der Waals surface area contributed by atoms with Crippen molar-refractivity contribution >= 4 is 12.0 Å². The predicted molar refractivity (Wildman–Crippen MR) is 90.0 cm³/mol. The number of nitrogens with zero attached hydrogens (tertiary/aromatic N) is 2. The molecule has 1 N–H and O–H groups in total. The molecule has 0 radical (unpaired) electrons. The van der Waals surface area contributed by atoms with Crippen molar-refractivity contribution in [2.75, 3.05) is 13.1 Å². The molecule has 1 aliphatic heterocycles. The fraction of sp³-hybridized carbons (Fsp3) is 0.833. The molecule has 134 valence electrons. The Morgan fingerprint density at radius 1 is 1.33 bits per heavy atom. The van der Waals surface area contributed by atoms with Gasteiger partial charge in [-0.1, -0.05) is 0 Å². The van der Waals surface area contributed by atoms with E-state index in [0.717, 1.165) is 19.3 Å². The van der Waals surface area contributed by atoms with Crippen LogP contribution in [0.25, 0.3) is 0 Å². The summed E-state index contributed by atoms with van der Waals surface area (Å²) in [6, 6.07) is 2.12. The Balaban J connectivity index is 1.90. The summed E-state index contributed by atoms with van der Waals surface area (Å²) in [5.41, 5.74) is -1.33. The SMILES string of the molecule is CC(NC(=O)C1(C#N)CCC1)C1CCCN(C(=O)OC(C)(C)C)C1. The highest BCUT2D eigenvalue weighted by Gasteiger charge is 2.45. The molecule has 0 aromatic rings. The van der Waals surface area contributed by atoms with Crippen molar-refractivity contribution in [2.24, 2.45) is 11.3 Å². The zero-order chi connectivity index (χ0) is 18.0. The fourth-order valence-electron chi connectivity index (χ4n) is 3.29. The van der Waals surface area contributed by atoms with E-state index in [9.17, 15) is 14.9 Å². The molecule has 0 aromatic heterocycles. The quantitative estimate of drug-likeness (QED) is 0.860. The van der Waals surface area contributed by atoms with Gasteiger partial charge in [0.15, 0.2) is 0 Å². The summed E-state index contributed by atoms with van der Waals surface area (Å²) < 4.78 is 5.44.